The van der Waals surface area contributed by atoms with E-state index in [1.807, 2.05) is 26.0 Å². The zero-order valence-electron chi connectivity index (χ0n) is 12.9. The van der Waals surface area contributed by atoms with Crippen molar-refractivity contribution >= 4 is 35.8 Å². The fraction of sp³-hybridized carbons (Fsp3) is 0.467. The van der Waals surface area contributed by atoms with Gasteiger partial charge in [-0.15, -0.1) is 12.4 Å². The number of halogens is 2. The van der Waals surface area contributed by atoms with Crippen LogP contribution in [0.5, 0.6) is 0 Å². The van der Waals surface area contributed by atoms with Crippen LogP contribution in [0.1, 0.15) is 26.3 Å². The van der Waals surface area contributed by atoms with E-state index in [9.17, 15) is 9.59 Å². The fourth-order valence-corrected chi connectivity index (χ4v) is 1.75. The topological polar surface area (TPSA) is 84.2 Å². The monoisotopic (exact) mass is 347 g/mol. The number of nitrogens with one attached hydrogen (secondary N) is 2. The molecule has 2 amide bonds. The third-order valence-electron chi connectivity index (χ3n) is 3.15. The summed E-state index contributed by atoms with van der Waals surface area (Å²) in [6.07, 6.45) is 0. The van der Waals surface area contributed by atoms with Crippen molar-refractivity contribution < 1.29 is 9.59 Å². The minimum absolute atomic E-state index is 0. The van der Waals surface area contributed by atoms with Gasteiger partial charge in [-0.2, -0.15) is 0 Å². The zero-order valence-corrected chi connectivity index (χ0v) is 14.5. The molecule has 0 spiro atoms. The van der Waals surface area contributed by atoms with Crippen LogP contribution in [0.4, 0.5) is 0 Å². The molecule has 2 atom stereocenters. The number of benzene rings is 1. The van der Waals surface area contributed by atoms with Crippen LogP contribution in [-0.4, -0.2) is 23.9 Å². The lowest BCUT2D eigenvalue weighted by atomic mass is 10.0. The molecule has 0 saturated carbocycles. The van der Waals surface area contributed by atoms with Gasteiger partial charge in [0.05, 0.1) is 6.04 Å². The van der Waals surface area contributed by atoms with Gasteiger partial charge < -0.3 is 16.4 Å². The second-order valence-electron chi connectivity index (χ2n) is 5.34. The summed E-state index contributed by atoms with van der Waals surface area (Å²) in [5, 5.41) is 6.01. The highest BCUT2D eigenvalue weighted by Crippen LogP contribution is 2.09. The highest BCUT2D eigenvalue weighted by atomic mass is 35.5. The lowest BCUT2D eigenvalue weighted by Crippen LogP contribution is -2.51. The molecule has 22 heavy (non-hydrogen) atoms. The number of rotatable bonds is 6. The Morgan fingerprint density at radius 2 is 1.68 bits per heavy atom. The third kappa shape index (κ3) is 6.64. The predicted octanol–water partition coefficient (Wildman–Crippen LogP) is 1.87. The average Bonchev–Trinajstić information content (AvgIpc) is 2.45. The smallest absolute Gasteiger partial charge is 0.242 e. The van der Waals surface area contributed by atoms with Gasteiger partial charge in [0.25, 0.3) is 0 Å². The highest BCUT2D eigenvalue weighted by molar-refractivity contribution is 6.30. The third-order valence-corrected chi connectivity index (χ3v) is 3.41. The summed E-state index contributed by atoms with van der Waals surface area (Å²) in [4.78, 5) is 23.7. The molecular weight excluding hydrogens is 325 g/mol. The second-order valence-corrected chi connectivity index (χ2v) is 5.78. The van der Waals surface area contributed by atoms with Crippen LogP contribution in [-0.2, 0) is 16.1 Å². The Labute approximate surface area is 142 Å². The van der Waals surface area contributed by atoms with E-state index in [-0.39, 0.29) is 30.1 Å². The summed E-state index contributed by atoms with van der Waals surface area (Å²) in [5.41, 5.74) is 6.67. The Bertz CT molecular complexity index is 492. The molecule has 1 aromatic rings. The lowest BCUT2D eigenvalue weighted by Gasteiger charge is -2.19. The van der Waals surface area contributed by atoms with Crippen molar-refractivity contribution in [3.05, 3.63) is 34.9 Å². The first-order valence-electron chi connectivity index (χ1n) is 6.89. The first-order valence-corrected chi connectivity index (χ1v) is 7.27. The van der Waals surface area contributed by atoms with Crippen molar-refractivity contribution in [3.8, 4) is 0 Å². The molecule has 0 saturated heterocycles. The molecule has 1 aromatic carbocycles. The molecule has 0 bridgehead atoms. The Kier molecular flexibility index (Phi) is 9.09. The molecule has 0 aliphatic rings. The lowest BCUT2D eigenvalue weighted by molar-refractivity contribution is -0.129. The molecule has 1 rings (SSSR count). The van der Waals surface area contributed by atoms with Crippen molar-refractivity contribution in [1.82, 2.24) is 10.6 Å². The largest absolute Gasteiger partial charge is 0.350 e. The van der Waals surface area contributed by atoms with Gasteiger partial charge in [-0.25, -0.2) is 0 Å². The zero-order chi connectivity index (χ0) is 16.0. The quantitative estimate of drug-likeness (QED) is 0.734. The summed E-state index contributed by atoms with van der Waals surface area (Å²) in [7, 11) is 0. The van der Waals surface area contributed by atoms with Crippen molar-refractivity contribution in [1.29, 1.82) is 0 Å². The van der Waals surface area contributed by atoms with E-state index in [2.05, 4.69) is 10.6 Å². The van der Waals surface area contributed by atoms with Crippen LogP contribution < -0.4 is 16.4 Å². The Hall–Kier alpha value is -1.30. The number of hydrogen-bond donors (Lipinski definition) is 3. The number of carbonyl (C=O) groups is 2. The molecule has 7 heteroatoms. The van der Waals surface area contributed by atoms with Crippen LogP contribution in [0.3, 0.4) is 0 Å². The van der Waals surface area contributed by atoms with E-state index in [1.54, 1.807) is 19.1 Å². The second kappa shape index (κ2) is 9.66. The molecular formula is C15H23Cl2N3O2. The normalized spacial score (nSPS) is 13.0. The average molecular weight is 348 g/mol. The van der Waals surface area contributed by atoms with Gasteiger partial charge in [0, 0.05) is 11.6 Å². The van der Waals surface area contributed by atoms with Crippen molar-refractivity contribution in [2.45, 2.75) is 39.4 Å². The Balaban J connectivity index is 0.00000441. The molecule has 0 aliphatic carbocycles. The van der Waals surface area contributed by atoms with Crippen LogP contribution in [0.15, 0.2) is 24.3 Å². The van der Waals surface area contributed by atoms with Gasteiger partial charge in [0.15, 0.2) is 0 Å². The van der Waals surface area contributed by atoms with Gasteiger partial charge in [0.1, 0.15) is 6.04 Å². The van der Waals surface area contributed by atoms with Gasteiger partial charge >= 0.3 is 0 Å². The van der Waals surface area contributed by atoms with E-state index in [0.29, 0.717) is 11.6 Å². The first kappa shape index (κ1) is 20.7. The summed E-state index contributed by atoms with van der Waals surface area (Å²) >= 11 is 5.79. The summed E-state index contributed by atoms with van der Waals surface area (Å²) in [6.45, 7) is 5.72. The van der Waals surface area contributed by atoms with Gasteiger partial charge in [-0.1, -0.05) is 37.6 Å². The van der Waals surface area contributed by atoms with Crippen LogP contribution in [0.2, 0.25) is 5.02 Å². The minimum atomic E-state index is -0.630. The molecule has 5 nitrogen and oxygen atoms in total. The Morgan fingerprint density at radius 3 is 2.18 bits per heavy atom. The maximum atomic E-state index is 11.9. The van der Waals surface area contributed by atoms with Gasteiger partial charge in [-0.3, -0.25) is 9.59 Å². The molecule has 0 heterocycles. The molecule has 124 valence electrons. The maximum absolute atomic E-state index is 11.9. The molecule has 0 aromatic heterocycles. The number of hydrogen-bond acceptors (Lipinski definition) is 3. The molecule has 4 N–H and O–H groups in total. The van der Waals surface area contributed by atoms with Crippen molar-refractivity contribution in [3.63, 3.8) is 0 Å². The van der Waals surface area contributed by atoms with E-state index in [4.69, 9.17) is 17.3 Å². The molecule has 0 unspecified atom stereocenters. The van der Waals surface area contributed by atoms with Crippen molar-refractivity contribution in [2.75, 3.05) is 0 Å². The van der Waals surface area contributed by atoms with Gasteiger partial charge in [0.2, 0.25) is 11.8 Å². The first-order chi connectivity index (χ1) is 9.81. The van der Waals surface area contributed by atoms with Crippen molar-refractivity contribution in [2.24, 2.45) is 11.7 Å². The molecule has 0 radical (unpaired) electrons. The van der Waals surface area contributed by atoms with E-state index in [1.165, 1.54) is 0 Å². The SMILES string of the molecule is CC(C)[C@H](N)C(=O)N[C@@H](C)C(=O)NCc1ccc(Cl)cc1.Cl. The highest BCUT2D eigenvalue weighted by Gasteiger charge is 2.21. The van der Waals surface area contributed by atoms with Crippen LogP contribution >= 0.6 is 24.0 Å². The summed E-state index contributed by atoms with van der Waals surface area (Å²) in [6, 6.07) is 5.94. The molecule has 0 fully saturated rings. The standard InChI is InChI=1S/C15H22ClN3O2.ClH/c1-9(2)13(17)15(21)19-10(3)14(20)18-8-11-4-6-12(16)7-5-11;/h4-7,9-10,13H,8,17H2,1-3H3,(H,18,20)(H,19,21);1H/t10-,13-;/m0./s1. The van der Waals surface area contributed by atoms with Crippen LogP contribution in [0, 0.1) is 5.92 Å². The predicted molar refractivity (Wildman–Crippen MR) is 91.0 cm³/mol. The number of nitrogens with two attached hydrogens (primary N) is 1. The fourth-order valence-electron chi connectivity index (χ4n) is 1.62. The van der Waals surface area contributed by atoms with Gasteiger partial charge in [-0.05, 0) is 30.5 Å². The number of amides is 2. The van der Waals surface area contributed by atoms with E-state index in [0.717, 1.165) is 5.56 Å². The Morgan fingerprint density at radius 1 is 1.14 bits per heavy atom. The van der Waals surface area contributed by atoms with Crippen LogP contribution in [0.25, 0.3) is 0 Å². The van der Waals surface area contributed by atoms with E-state index < -0.39 is 12.1 Å². The molecule has 0 aliphatic heterocycles. The summed E-state index contributed by atoms with van der Waals surface area (Å²) < 4.78 is 0. The summed E-state index contributed by atoms with van der Waals surface area (Å²) in [5.74, 6) is -0.553. The maximum Gasteiger partial charge on any atom is 0.242 e. The van der Waals surface area contributed by atoms with E-state index >= 15 is 0 Å². The number of carbonyl (C=O) groups excluding carboxylic acids is 2. The minimum Gasteiger partial charge on any atom is -0.350 e.